The summed E-state index contributed by atoms with van der Waals surface area (Å²) in [6, 6.07) is 3.19. The van der Waals surface area contributed by atoms with Crippen molar-refractivity contribution < 1.29 is 14.3 Å². The van der Waals surface area contributed by atoms with Gasteiger partial charge in [-0.2, -0.15) is 0 Å². The Bertz CT molecular complexity index is 438. The van der Waals surface area contributed by atoms with E-state index >= 15 is 0 Å². The molecule has 100 valence electrons. The molecule has 6 heteroatoms. The van der Waals surface area contributed by atoms with Gasteiger partial charge >= 0.3 is 5.97 Å². The number of halogens is 3. The standard InChI is InChI=1S/C12H13BrCl2O3/c1-3-10(12(16)17-4-2)18-11-6-8(14)7(13)5-9(11)15/h5-6,10H,3-4H2,1-2H3. The summed E-state index contributed by atoms with van der Waals surface area (Å²) in [7, 11) is 0. The molecule has 0 aromatic heterocycles. The Kier molecular flexibility index (Phi) is 6.26. The van der Waals surface area contributed by atoms with Crippen molar-refractivity contribution in [1.29, 1.82) is 0 Å². The summed E-state index contributed by atoms with van der Waals surface area (Å²) in [5.41, 5.74) is 0. The van der Waals surface area contributed by atoms with Crippen LogP contribution in [0.25, 0.3) is 0 Å². The van der Waals surface area contributed by atoms with Gasteiger partial charge in [0.1, 0.15) is 5.75 Å². The summed E-state index contributed by atoms with van der Waals surface area (Å²) >= 11 is 15.2. The number of esters is 1. The first kappa shape index (κ1) is 15.6. The summed E-state index contributed by atoms with van der Waals surface area (Å²) in [5.74, 6) is -0.0418. The van der Waals surface area contributed by atoms with Crippen LogP contribution in [0.15, 0.2) is 16.6 Å². The SMILES string of the molecule is CCOC(=O)C(CC)Oc1cc(Cl)c(Br)cc1Cl. The molecule has 1 atom stereocenters. The molecule has 0 fully saturated rings. The average molecular weight is 356 g/mol. The summed E-state index contributed by atoms with van der Waals surface area (Å²) < 4.78 is 11.1. The van der Waals surface area contributed by atoms with Crippen molar-refractivity contribution in [3.05, 3.63) is 26.7 Å². The topological polar surface area (TPSA) is 35.5 Å². The Labute approximate surface area is 124 Å². The predicted molar refractivity (Wildman–Crippen MR) is 75.5 cm³/mol. The smallest absolute Gasteiger partial charge is 0.347 e. The van der Waals surface area contributed by atoms with Crippen molar-refractivity contribution in [2.45, 2.75) is 26.4 Å². The van der Waals surface area contributed by atoms with Gasteiger partial charge in [0, 0.05) is 10.5 Å². The van der Waals surface area contributed by atoms with E-state index in [1.165, 1.54) is 0 Å². The van der Waals surface area contributed by atoms with Crippen LogP contribution in [0.1, 0.15) is 20.3 Å². The monoisotopic (exact) mass is 354 g/mol. The van der Waals surface area contributed by atoms with Crippen LogP contribution < -0.4 is 4.74 Å². The van der Waals surface area contributed by atoms with Crippen LogP contribution in [0.3, 0.4) is 0 Å². The molecule has 0 bridgehead atoms. The third-order valence-electron chi connectivity index (χ3n) is 2.16. The Morgan fingerprint density at radius 1 is 1.33 bits per heavy atom. The molecule has 0 heterocycles. The van der Waals surface area contributed by atoms with Crippen LogP contribution >= 0.6 is 39.1 Å². The van der Waals surface area contributed by atoms with Gasteiger partial charge in [-0.05, 0) is 35.3 Å². The van der Waals surface area contributed by atoms with Crippen molar-refractivity contribution in [3.8, 4) is 5.75 Å². The molecule has 0 aliphatic heterocycles. The summed E-state index contributed by atoms with van der Waals surface area (Å²) in [6.07, 6.45) is -0.192. The lowest BCUT2D eigenvalue weighted by molar-refractivity contribution is -0.151. The van der Waals surface area contributed by atoms with E-state index in [9.17, 15) is 4.79 Å². The van der Waals surface area contributed by atoms with Crippen molar-refractivity contribution in [1.82, 2.24) is 0 Å². The second-order valence-corrected chi connectivity index (χ2v) is 5.13. The zero-order valence-corrected chi connectivity index (χ0v) is 13.1. The zero-order chi connectivity index (χ0) is 13.7. The van der Waals surface area contributed by atoms with E-state index < -0.39 is 12.1 Å². The number of benzene rings is 1. The van der Waals surface area contributed by atoms with E-state index in [-0.39, 0.29) is 0 Å². The Balaban J connectivity index is 2.88. The van der Waals surface area contributed by atoms with Crippen LogP contribution in [-0.2, 0) is 9.53 Å². The molecule has 1 aromatic carbocycles. The highest BCUT2D eigenvalue weighted by Gasteiger charge is 2.21. The minimum absolute atomic E-state index is 0.313. The van der Waals surface area contributed by atoms with Gasteiger partial charge in [0.25, 0.3) is 0 Å². The number of carbonyl (C=O) groups is 1. The Morgan fingerprint density at radius 3 is 2.56 bits per heavy atom. The van der Waals surface area contributed by atoms with Crippen LogP contribution in [0, 0.1) is 0 Å². The third-order valence-corrected chi connectivity index (χ3v) is 3.66. The molecule has 3 nitrogen and oxygen atoms in total. The minimum Gasteiger partial charge on any atom is -0.477 e. The zero-order valence-electron chi connectivity index (χ0n) is 10.0. The highest BCUT2D eigenvalue weighted by molar-refractivity contribution is 9.10. The maximum atomic E-state index is 11.6. The quantitative estimate of drug-likeness (QED) is 0.577. The Morgan fingerprint density at radius 2 is 2.00 bits per heavy atom. The molecular formula is C12H13BrCl2O3. The first-order chi connectivity index (χ1) is 8.49. The minimum atomic E-state index is -0.681. The molecule has 0 aliphatic carbocycles. The van der Waals surface area contributed by atoms with Gasteiger partial charge in [-0.25, -0.2) is 4.79 Å². The van der Waals surface area contributed by atoms with E-state index in [1.807, 2.05) is 6.92 Å². The molecule has 0 saturated heterocycles. The van der Waals surface area contributed by atoms with E-state index in [0.29, 0.717) is 33.3 Å². The lowest BCUT2D eigenvalue weighted by Gasteiger charge is -2.17. The van der Waals surface area contributed by atoms with Gasteiger partial charge in [-0.3, -0.25) is 0 Å². The van der Waals surface area contributed by atoms with Crippen LogP contribution in [0.4, 0.5) is 0 Å². The number of rotatable bonds is 5. The second-order valence-electron chi connectivity index (χ2n) is 3.46. The number of hydrogen-bond donors (Lipinski definition) is 0. The highest BCUT2D eigenvalue weighted by Crippen LogP contribution is 2.34. The maximum absolute atomic E-state index is 11.6. The maximum Gasteiger partial charge on any atom is 0.347 e. The van der Waals surface area contributed by atoms with Gasteiger partial charge < -0.3 is 9.47 Å². The first-order valence-electron chi connectivity index (χ1n) is 5.47. The molecule has 1 aromatic rings. The predicted octanol–water partition coefficient (Wildman–Crippen LogP) is 4.48. The second kappa shape index (κ2) is 7.22. The lowest BCUT2D eigenvalue weighted by Crippen LogP contribution is -2.28. The van der Waals surface area contributed by atoms with Crippen molar-refractivity contribution in [3.63, 3.8) is 0 Å². The van der Waals surface area contributed by atoms with Crippen molar-refractivity contribution in [2.75, 3.05) is 6.61 Å². The summed E-state index contributed by atoms with van der Waals surface area (Å²) in [4.78, 5) is 11.6. The van der Waals surface area contributed by atoms with Gasteiger partial charge in [-0.15, -0.1) is 0 Å². The van der Waals surface area contributed by atoms with Crippen LogP contribution in [-0.4, -0.2) is 18.7 Å². The fraction of sp³-hybridized carbons (Fsp3) is 0.417. The largest absolute Gasteiger partial charge is 0.477 e. The molecule has 1 rings (SSSR count). The van der Waals surface area contributed by atoms with Gasteiger partial charge in [-0.1, -0.05) is 30.1 Å². The summed E-state index contributed by atoms with van der Waals surface area (Å²) in [5, 5.41) is 0.849. The van der Waals surface area contributed by atoms with Crippen molar-refractivity contribution in [2.24, 2.45) is 0 Å². The van der Waals surface area contributed by atoms with E-state index in [0.717, 1.165) is 0 Å². The third kappa shape index (κ3) is 4.04. The molecule has 1 unspecified atom stereocenters. The van der Waals surface area contributed by atoms with Crippen LogP contribution in [0.5, 0.6) is 5.75 Å². The van der Waals surface area contributed by atoms with E-state index in [4.69, 9.17) is 32.7 Å². The fourth-order valence-electron chi connectivity index (χ4n) is 1.28. The van der Waals surface area contributed by atoms with E-state index in [2.05, 4.69) is 15.9 Å². The molecule has 0 spiro atoms. The van der Waals surface area contributed by atoms with Gasteiger partial charge in [0.15, 0.2) is 6.10 Å². The molecule has 18 heavy (non-hydrogen) atoms. The normalized spacial score (nSPS) is 12.1. The number of hydrogen-bond acceptors (Lipinski definition) is 3. The molecule has 0 N–H and O–H groups in total. The molecule has 0 aliphatic rings. The Hall–Kier alpha value is -0.450. The lowest BCUT2D eigenvalue weighted by atomic mass is 10.2. The molecule has 0 radical (unpaired) electrons. The first-order valence-corrected chi connectivity index (χ1v) is 7.02. The molecule has 0 amide bonds. The molecular weight excluding hydrogens is 343 g/mol. The summed E-state index contributed by atoms with van der Waals surface area (Å²) in [6.45, 7) is 3.89. The van der Waals surface area contributed by atoms with Gasteiger partial charge in [0.05, 0.1) is 16.7 Å². The highest BCUT2D eigenvalue weighted by atomic mass is 79.9. The van der Waals surface area contributed by atoms with Crippen molar-refractivity contribution >= 4 is 45.1 Å². The average Bonchev–Trinajstić information content (AvgIpc) is 2.32. The fourth-order valence-corrected chi connectivity index (χ4v) is 2.12. The number of ether oxygens (including phenoxy) is 2. The van der Waals surface area contributed by atoms with Crippen LogP contribution in [0.2, 0.25) is 10.0 Å². The van der Waals surface area contributed by atoms with Gasteiger partial charge in [0.2, 0.25) is 0 Å². The number of carbonyl (C=O) groups excluding carboxylic acids is 1. The molecule has 0 saturated carbocycles. The van der Waals surface area contributed by atoms with E-state index in [1.54, 1.807) is 19.1 Å².